The second-order valence-electron chi connectivity index (χ2n) is 4.68. The highest BCUT2D eigenvalue weighted by Gasteiger charge is 2.09. The number of hydrogen-bond acceptors (Lipinski definition) is 2. The average molecular weight is 351 g/mol. The van der Waals surface area contributed by atoms with Crippen molar-refractivity contribution in [2.75, 3.05) is 11.9 Å². The van der Waals surface area contributed by atoms with E-state index in [0.29, 0.717) is 0 Å². The van der Waals surface area contributed by atoms with Gasteiger partial charge in [0.2, 0.25) is 5.91 Å². The molecule has 0 heterocycles. The zero-order chi connectivity index (χ0) is 15.2. The molecule has 0 unspecified atom stereocenters. The average Bonchev–Trinajstić information content (AvgIpc) is 2.48. The van der Waals surface area contributed by atoms with Crippen molar-refractivity contribution >= 4 is 27.5 Å². The van der Waals surface area contributed by atoms with Gasteiger partial charge in [0.05, 0.1) is 12.2 Å². The van der Waals surface area contributed by atoms with E-state index in [2.05, 4.69) is 26.6 Å². The van der Waals surface area contributed by atoms with Crippen LogP contribution >= 0.6 is 15.9 Å². The number of amides is 1. The summed E-state index contributed by atoms with van der Waals surface area (Å²) in [5.74, 6) is -0.712. The van der Waals surface area contributed by atoms with E-state index in [0.717, 1.165) is 10.0 Å². The summed E-state index contributed by atoms with van der Waals surface area (Å²) in [6.07, 6.45) is 0. The van der Waals surface area contributed by atoms with Crippen LogP contribution in [0.4, 0.5) is 10.1 Å². The fourth-order valence-corrected chi connectivity index (χ4v) is 2.14. The first kappa shape index (κ1) is 15.7. The van der Waals surface area contributed by atoms with Crippen LogP contribution in [0.25, 0.3) is 0 Å². The first-order chi connectivity index (χ1) is 10.1. The standard InChI is InChI=1S/C16H16BrFN2O/c1-11(12-6-8-13(17)9-7-12)19-10-16(21)20-15-5-3-2-4-14(15)18/h2-9,11,19H,10H2,1H3,(H,20,21)/t11-/m0/s1. The van der Waals surface area contributed by atoms with E-state index in [4.69, 9.17) is 0 Å². The van der Waals surface area contributed by atoms with E-state index in [-0.39, 0.29) is 24.2 Å². The summed E-state index contributed by atoms with van der Waals surface area (Å²) in [7, 11) is 0. The molecular weight excluding hydrogens is 335 g/mol. The second-order valence-corrected chi connectivity index (χ2v) is 5.60. The summed E-state index contributed by atoms with van der Waals surface area (Å²) >= 11 is 3.38. The third-order valence-electron chi connectivity index (χ3n) is 3.09. The Labute approximate surface area is 131 Å². The van der Waals surface area contributed by atoms with Crippen molar-refractivity contribution in [2.24, 2.45) is 0 Å². The van der Waals surface area contributed by atoms with E-state index in [9.17, 15) is 9.18 Å². The monoisotopic (exact) mass is 350 g/mol. The molecule has 0 aliphatic heterocycles. The molecule has 0 aliphatic rings. The third kappa shape index (κ3) is 4.65. The normalized spacial score (nSPS) is 12.0. The maximum Gasteiger partial charge on any atom is 0.238 e. The van der Waals surface area contributed by atoms with Gasteiger partial charge in [-0.25, -0.2) is 4.39 Å². The first-order valence-electron chi connectivity index (χ1n) is 6.59. The number of para-hydroxylation sites is 1. The van der Waals surface area contributed by atoms with Gasteiger partial charge in [0.25, 0.3) is 0 Å². The van der Waals surface area contributed by atoms with Crippen LogP contribution in [0.3, 0.4) is 0 Å². The highest BCUT2D eigenvalue weighted by molar-refractivity contribution is 9.10. The topological polar surface area (TPSA) is 41.1 Å². The molecule has 3 nitrogen and oxygen atoms in total. The molecular formula is C16H16BrFN2O. The molecule has 0 fully saturated rings. The molecule has 0 spiro atoms. The van der Waals surface area contributed by atoms with E-state index >= 15 is 0 Å². The molecule has 2 N–H and O–H groups in total. The fraction of sp³-hybridized carbons (Fsp3) is 0.188. The molecule has 5 heteroatoms. The molecule has 0 bridgehead atoms. The second kappa shape index (κ2) is 7.33. The van der Waals surface area contributed by atoms with Gasteiger partial charge in [0.15, 0.2) is 0 Å². The maximum absolute atomic E-state index is 13.4. The van der Waals surface area contributed by atoms with Gasteiger partial charge in [-0.05, 0) is 36.8 Å². The van der Waals surface area contributed by atoms with Gasteiger partial charge in [0, 0.05) is 10.5 Å². The molecule has 0 saturated carbocycles. The lowest BCUT2D eigenvalue weighted by atomic mass is 10.1. The predicted molar refractivity (Wildman–Crippen MR) is 85.6 cm³/mol. The van der Waals surface area contributed by atoms with E-state index in [1.54, 1.807) is 12.1 Å². The number of halogens is 2. The summed E-state index contributed by atoms with van der Waals surface area (Å²) in [4.78, 5) is 11.8. The molecule has 2 aromatic rings. The fourth-order valence-electron chi connectivity index (χ4n) is 1.87. The van der Waals surface area contributed by atoms with Crippen molar-refractivity contribution in [1.29, 1.82) is 0 Å². The Bertz CT molecular complexity index is 616. The Morgan fingerprint density at radius 2 is 1.86 bits per heavy atom. The minimum absolute atomic E-state index is 0.0319. The van der Waals surface area contributed by atoms with Crippen LogP contribution in [0.1, 0.15) is 18.5 Å². The number of rotatable bonds is 5. The van der Waals surface area contributed by atoms with E-state index in [1.165, 1.54) is 12.1 Å². The summed E-state index contributed by atoms with van der Waals surface area (Å²) in [6.45, 7) is 2.09. The molecule has 2 rings (SSSR count). The quantitative estimate of drug-likeness (QED) is 0.859. The molecule has 2 aromatic carbocycles. The van der Waals surface area contributed by atoms with E-state index in [1.807, 2.05) is 31.2 Å². The van der Waals surface area contributed by atoms with Crippen molar-refractivity contribution in [3.63, 3.8) is 0 Å². The molecule has 1 amide bonds. The van der Waals surface area contributed by atoms with Crippen LogP contribution in [0, 0.1) is 5.82 Å². The number of nitrogens with one attached hydrogen (secondary N) is 2. The number of carbonyl (C=O) groups is 1. The molecule has 110 valence electrons. The number of benzene rings is 2. The SMILES string of the molecule is C[C@H](NCC(=O)Nc1ccccc1F)c1ccc(Br)cc1. The zero-order valence-electron chi connectivity index (χ0n) is 11.6. The lowest BCUT2D eigenvalue weighted by Gasteiger charge is -2.14. The highest BCUT2D eigenvalue weighted by Crippen LogP contribution is 2.16. The molecule has 21 heavy (non-hydrogen) atoms. The van der Waals surface area contributed by atoms with Gasteiger partial charge in [-0.1, -0.05) is 40.2 Å². The third-order valence-corrected chi connectivity index (χ3v) is 3.62. The minimum atomic E-state index is -0.438. The lowest BCUT2D eigenvalue weighted by molar-refractivity contribution is -0.115. The van der Waals surface area contributed by atoms with Crippen LogP contribution in [0.5, 0.6) is 0 Å². The first-order valence-corrected chi connectivity index (χ1v) is 7.39. The Morgan fingerprint density at radius 3 is 2.52 bits per heavy atom. The zero-order valence-corrected chi connectivity index (χ0v) is 13.2. The molecule has 0 aromatic heterocycles. The van der Waals surface area contributed by atoms with Gasteiger partial charge in [-0.2, -0.15) is 0 Å². The smallest absolute Gasteiger partial charge is 0.238 e. The lowest BCUT2D eigenvalue weighted by Crippen LogP contribution is -2.30. The van der Waals surface area contributed by atoms with Crippen LogP contribution in [-0.4, -0.2) is 12.5 Å². The van der Waals surface area contributed by atoms with Crippen molar-refractivity contribution in [3.8, 4) is 0 Å². The summed E-state index contributed by atoms with van der Waals surface area (Å²) in [5, 5.41) is 5.65. The van der Waals surface area contributed by atoms with Gasteiger partial charge in [-0.15, -0.1) is 0 Å². The van der Waals surface area contributed by atoms with Crippen molar-refractivity contribution in [3.05, 3.63) is 64.4 Å². The van der Waals surface area contributed by atoms with Crippen molar-refractivity contribution in [1.82, 2.24) is 5.32 Å². The van der Waals surface area contributed by atoms with E-state index < -0.39 is 5.82 Å². The maximum atomic E-state index is 13.4. The number of anilines is 1. The van der Waals surface area contributed by atoms with Crippen molar-refractivity contribution in [2.45, 2.75) is 13.0 Å². The summed E-state index contributed by atoms with van der Waals surface area (Å²) < 4.78 is 14.4. The van der Waals surface area contributed by atoms with Gasteiger partial charge < -0.3 is 10.6 Å². The Hall–Kier alpha value is -1.72. The van der Waals surface area contributed by atoms with Crippen LogP contribution in [-0.2, 0) is 4.79 Å². The minimum Gasteiger partial charge on any atom is -0.322 e. The Kier molecular flexibility index (Phi) is 5.47. The predicted octanol–water partition coefficient (Wildman–Crippen LogP) is 3.88. The van der Waals surface area contributed by atoms with Crippen LogP contribution < -0.4 is 10.6 Å². The van der Waals surface area contributed by atoms with Gasteiger partial charge in [0.1, 0.15) is 5.82 Å². The van der Waals surface area contributed by atoms with Crippen LogP contribution in [0.2, 0.25) is 0 Å². The Balaban J connectivity index is 1.86. The van der Waals surface area contributed by atoms with Crippen LogP contribution in [0.15, 0.2) is 53.0 Å². The van der Waals surface area contributed by atoms with Gasteiger partial charge >= 0.3 is 0 Å². The molecule has 0 aliphatic carbocycles. The van der Waals surface area contributed by atoms with Gasteiger partial charge in [-0.3, -0.25) is 4.79 Å². The highest BCUT2D eigenvalue weighted by atomic mass is 79.9. The summed E-state index contributed by atoms with van der Waals surface area (Å²) in [6, 6.07) is 14.0. The van der Waals surface area contributed by atoms with Crippen molar-refractivity contribution < 1.29 is 9.18 Å². The number of carbonyl (C=O) groups excluding carboxylic acids is 1. The Morgan fingerprint density at radius 1 is 1.19 bits per heavy atom. The molecule has 0 saturated heterocycles. The molecule has 0 radical (unpaired) electrons. The summed E-state index contributed by atoms with van der Waals surface area (Å²) in [5.41, 5.74) is 1.28. The largest absolute Gasteiger partial charge is 0.322 e. The molecule has 1 atom stereocenters. The number of hydrogen-bond donors (Lipinski definition) is 2.